The van der Waals surface area contributed by atoms with Crippen molar-refractivity contribution in [3.05, 3.63) is 0 Å². The minimum absolute atomic E-state index is 0. The predicted octanol–water partition coefficient (Wildman–Crippen LogP) is 23.8. The summed E-state index contributed by atoms with van der Waals surface area (Å²) in [5, 5.41) is 0. The number of hydrogen-bond donors (Lipinski definition) is 0. The highest BCUT2D eigenvalue weighted by Gasteiger charge is 2.91. The maximum atomic E-state index is 13.2. The van der Waals surface area contributed by atoms with Gasteiger partial charge in [-0.2, -0.15) is 119 Å². The molecule has 90 heavy (non-hydrogen) atoms. The molecular weight excluding hydrogens is 1320 g/mol. The Morgan fingerprint density at radius 2 is 0.733 bits per heavy atom. The summed E-state index contributed by atoms with van der Waals surface area (Å²) in [5.74, 6) is -48.4. The first-order chi connectivity index (χ1) is 39.2. The van der Waals surface area contributed by atoms with Gasteiger partial charge in [-0.15, -0.1) is 0 Å². The molecule has 16 unspecified atom stereocenters. The van der Waals surface area contributed by atoms with Crippen LogP contribution >= 0.6 is 0 Å². The molecule has 8 saturated carbocycles. The second kappa shape index (κ2) is 28.0. The summed E-state index contributed by atoms with van der Waals surface area (Å²) in [6, 6.07) is 0. The van der Waals surface area contributed by atoms with Crippen LogP contribution in [-0.4, -0.2) is 97.3 Å². The van der Waals surface area contributed by atoms with Crippen LogP contribution in [0.5, 0.6) is 0 Å². The summed E-state index contributed by atoms with van der Waals surface area (Å²) in [7, 11) is 0. The third-order valence-corrected chi connectivity index (χ3v) is 20.7. The molecule has 8 aliphatic carbocycles. The van der Waals surface area contributed by atoms with Gasteiger partial charge in [0.1, 0.15) is 18.5 Å². The van der Waals surface area contributed by atoms with Crippen LogP contribution < -0.4 is 0 Å². The minimum atomic E-state index is -6.19. The maximum absolute atomic E-state index is 13.2. The van der Waals surface area contributed by atoms with Crippen LogP contribution in [0, 0.1) is 106 Å². The van der Waals surface area contributed by atoms with Gasteiger partial charge in [-0.3, -0.25) is 0 Å². The van der Waals surface area contributed by atoms with Crippen molar-refractivity contribution in [2.45, 2.75) is 246 Å². The summed E-state index contributed by atoms with van der Waals surface area (Å²) in [5.41, 5.74) is -7.73. The fraction of sp³-hybridized carbons (Fsp3) is 1.00. The molecule has 0 amide bonds. The molecular formula is C56H78F34. The molecule has 0 radical (unpaired) electrons. The number of hydrogen-bond acceptors (Lipinski definition) is 0. The van der Waals surface area contributed by atoms with Gasteiger partial charge in [0, 0.05) is 11.8 Å². The fourth-order valence-corrected chi connectivity index (χ4v) is 14.9. The molecule has 8 fully saturated rings. The summed E-state index contributed by atoms with van der Waals surface area (Å²) in [6.07, 6.45) is -37.0. The minimum Gasteiger partial charge on any atom is -0.247 e. The molecule has 0 saturated heterocycles. The first-order valence-electron chi connectivity index (χ1n) is 28.4. The molecule has 2 bridgehead atoms. The Morgan fingerprint density at radius 1 is 0.378 bits per heavy atom. The van der Waals surface area contributed by atoms with Gasteiger partial charge in [-0.05, 0) is 99.2 Å². The average Bonchev–Trinajstić information content (AvgIpc) is 0.910. The molecule has 0 spiro atoms. The second-order valence-corrected chi connectivity index (χ2v) is 25.9. The van der Waals surface area contributed by atoms with Crippen molar-refractivity contribution in [3.8, 4) is 0 Å². The van der Waals surface area contributed by atoms with Crippen LogP contribution in [0.25, 0.3) is 0 Å². The van der Waals surface area contributed by atoms with Crippen LogP contribution in [0.1, 0.15) is 148 Å². The van der Waals surface area contributed by atoms with Crippen molar-refractivity contribution in [3.63, 3.8) is 0 Å². The van der Waals surface area contributed by atoms with E-state index in [4.69, 9.17) is 0 Å². The Balaban J connectivity index is 0.000000546. The quantitative estimate of drug-likeness (QED) is 0.230. The van der Waals surface area contributed by atoms with Crippen molar-refractivity contribution in [1.82, 2.24) is 0 Å². The lowest BCUT2D eigenvalue weighted by Gasteiger charge is -2.53. The normalized spacial score (nSPS) is 41.1. The van der Waals surface area contributed by atoms with Gasteiger partial charge in [0.05, 0.1) is 46.3 Å². The SMILES string of the molecule is C.CC1C(C(F)(F)F)C(C(F)(F)F)C(C)[C@@H](C)C1C(F)(F)F.CC1C(F)C(F)C(F)[C@@H](C)C1F.CC1C[C@H](C)CC(C(F)(F)F)C1C(F)(F)F.CC1[C@H]2CC[C@@H]1C2(C)C(F)(F)F.CCC1(C(F)(F)F)CCCC1.C[C@H]1C(F)(F)C(C)(F)C(F)(F)C(F)(F)C1(F)F. The third kappa shape index (κ3) is 16.2. The Hall–Kier alpha value is -2.38. The van der Waals surface area contributed by atoms with Gasteiger partial charge in [0.15, 0.2) is 6.17 Å². The van der Waals surface area contributed by atoms with E-state index in [0.717, 1.165) is 39.5 Å². The standard InChI is InChI=1S/C12H15F9.C10H14F6.C9H13F3.C8H7F9.C8H12F4.C8H13F3.CH4/c1-4-5(2)8(11(16,17)18)9(12(19,20)21)6(3)7(4)10(13,14)15;1-5-3-6(2)8(10(14,15)16)7(4-5)9(11,12)13;1-5-6-3-4-7(5)8(6,2)9(10,11)12;1-3-5(10,11)4(2,9)7(14,15)8(16,17)6(3,12)13;1-3-5(9)4(2)7(11)8(12)6(3)10;1-2-7(8(9,10)11)5-3-4-6-7;/h4-9H,1-3H3;5-8H,3-4H2,1-2H3;5-7H,3-4H2,1-2H3;3H,1-2H3;3-8H,1-2H3;2-6H2,1H3;1H4/t4-,5?,6?,7?,8?,9?;5-,6?,7?,8?;5?,6-,7+,8?;3-,4?;3-,4?,5?,6?,7?,8?;;/m10.00../s1. The molecule has 0 aromatic carbocycles. The molecule has 0 aromatic heterocycles. The third-order valence-electron chi connectivity index (χ3n) is 20.7. The summed E-state index contributed by atoms with van der Waals surface area (Å²) >= 11 is 0. The molecule has 8 rings (SSSR count). The highest BCUT2D eigenvalue weighted by Crippen LogP contribution is 2.71. The predicted molar refractivity (Wildman–Crippen MR) is 263 cm³/mol. The van der Waals surface area contributed by atoms with Gasteiger partial charge < -0.3 is 0 Å². The number of rotatable bonds is 1. The molecule has 540 valence electrons. The summed E-state index contributed by atoms with van der Waals surface area (Å²) < 4.78 is 435. The van der Waals surface area contributed by atoms with E-state index in [0.29, 0.717) is 25.7 Å². The van der Waals surface area contributed by atoms with Crippen molar-refractivity contribution in [1.29, 1.82) is 0 Å². The Kier molecular flexibility index (Phi) is 26.6. The highest BCUT2D eigenvalue weighted by atomic mass is 19.4. The van der Waals surface area contributed by atoms with E-state index >= 15 is 0 Å². The van der Waals surface area contributed by atoms with E-state index in [2.05, 4.69) is 0 Å². The lowest BCUT2D eigenvalue weighted by atomic mass is 9.53. The molecule has 0 aromatic rings. The van der Waals surface area contributed by atoms with Gasteiger partial charge >= 0.3 is 61.0 Å². The average molecular weight is 1400 g/mol. The second-order valence-electron chi connectivity index (χ2n) is 25.9. The van der Waals surface area contributed by atoms with E-state index in [1.807, 2.05) is 6.92 Å². The van der Waals surface area contributed by atoms with E-state index in [-0.39, 0.29) is 44.9 Å². The topological polar surface area (TPSA) is 0 Å². The number of alkyl halides is 34. The summed E-state index contributed by atoms with van der Waals surface area (Å²) in [4.78, 5) is 0. The Bertz CT molecular complexity index is 2110. The summed E-state index contributed by atoms with van der Waals surface area (Å²) in [6.45, 7) is 12.1. The molecule has 0 heterocycles. The van der Waals surface area contributed by atoms with E-state index in [9.17, 15) is 149 Å². The first kappa shape index (κ1) is 85.6. The van der Waals surface area contributed by atoms with E-state index in [1.54, 1.807) is 13.8 Å². The first-order valence-corrected chi connectivity index (χ1v) is 28.4. The number of halogens is 34. The van der Waals surface area contributed by atoms with E-state index in [1.165, 1.54) is 27.7 Å². The zero-order chi connectivity index (χ0) is 70.9. The van der Waals surface area contributed by atoms with Crippen molar-refractivity contribution >= 4 is 0 Å². The molecule has 22 atom stereocenters. The van der Waals surface area contributed by atoms with Crippen LogP contribution in [0.15, 0.2) is 0 Å². The van der Waals surface area contributed by atoms with Crippen LogP contribution in [0.3, 0.4) is 0 Å². The molecule has 0 nitrogen and oxygen atoms in total. The Labute approximate surface area is 499 Å². The monoisotopic (exact) mass is 1400 g/mol. The lowest BCUT2D eigenvalue weighted by molar-refractivity contribution is -0.431. The molecule has 0 aliphatic heterocycles. The van der Waals surface area contributed by atoms with Gasteiger partial charge in [0.25, 0.3) is 5.92 Å². The lowest BCUT2D eigenvalue weighted by Crippen LogP contribution is -2.77. The van der Waals surface area contributed by atoms with Gasteiger partial charge in [-0.25, -0.2) is 30.7 Å². The fourth-order valence-electron chi connectivity index (χ4n) is 14.9. The van der Waals surface area contributed by atoms with Gasteiger partial charge in [-0.1, -0.05) is 96.4 Å². The van der Waals surface area contributed by atoms with Crippen LogP contribution in [0.2, 0.25) is 0 Å². The van der Waals surface area contributed by atoms with Crippen molar-refractivity contribution < 1.29 is 149 Å². The molecule has 34 heteroatoms. The largest absolute Gasteiger partial charge is 0.394 e. The molecule has 8 aliphatic rings. The Morgan fingerprint density at radius 3 is 1.02 bits per heavy atom. The maximum Gasteiger partial charge on any atom is 0.394 e. The van der Waals surface area contributed by atoms with Crippen LogP contribution in [0.4, 0.5) is 149 Å². The van der Waals surface area contributed by atoms with E-state index < -0.39 is 192 Å². The zero-order valence-corrected chi connectivity index (χ0v) is 49.8. The van der Waals surface area contributed by atoms with Crippen molar-refractivity contribution in [2.24, 2.45) is 106 Å². The highest BCUT2D eigenvalue weighted by molar-refractivity contribution is 5.20. The molecule has 0 N–H and O–H groups in total. The number of fused-ring (bicyclic) bond motifs is 1. The zero-order valence-electron chi connectivity index (χ0n) is 49.8. The smallest absolute Gasteiger partial charge is 0.247 e. The van der Waals surface area contributed by atoms with Gasteiger partial charge in [0.2, 0.25) is 5.67 Å². The van der Waals surface area contributed by atoms with Crippen LogP contribution in [-0.2, 0) is 0 Å². The van der Waals surface area contributed by atoms with Crippen molar-refractivity contribution in [2.75, 3.05) is 0 Å².